The first-order valence-corrected chi connectivity index (χ1v) is 6.48. The summed E-state index contributed by atoms with van der Waals surface area (Å²) in [5.74, 6) is -0.525. The highest BCUT2D eigenvalue weighted by atomic mass is 16.2. The van der Waals surface area contributed by atoms with Gasteiger partial charge in [0.05, 0.1) is 5.92 Å². The Morgan fingerprint density at radius 1 is 1.11 bits per heavy atom. The van der Waals surface area contributed by atoms with Gasteiger partial charge in [0, 0.05) is 6.42 Å². The van der Waals surface area contributed by atoms with E-state index in [1.807, 2.05) is 31.2 Å². The van der Waals surface area contributed by atoms with Crippen molar-refractivity contribution in [1.29, 1.82) is 0 Å². The minimum atomic E-state index is -0.252. The van der Waals surface area contributed by atoms with E-state index in [9.17, 15) is 9.59 Å². The van der Waals surface area contributed by atoms with Gasteiger partial charge in [-0.3, -0.25) is 14.9 Å². The summed E-state index contributed by atoms with van der Waals surface area (Å²) in [5.41, 5.74) is 1.13. The van der Waals surface area contributed by atoms with Crippen molar-refractivity contribution in [3.05, 3.63) is 48.0 Å². The standard InChI is InChI=1S/C16H15NO2/c1-10(14-9-15(18)17-16(14)19)12-8-4-6-11-5-2-3-7-13(11)12/h2-8,10,14H,9H2,1H3,(H,17,18,19). The fourth-order valence-corrected chi connectivity index (χ4v) is 2.84. The zero-order chi connectivity index (χ0) is 13.4. The van der Waals surface area contributed by atoms with Crippen LogP contribution >= 0.6 is 0 Å². The molecule has 2 unspecified atom stereocenters. The number of carbonyl (C=O) groups is 2. The summed E-state index contributed by atoms with van der Waals surface area (Å²) in [7, 11) is 0. The highest BCUT2D eigenvalue weighted by Gasteiger charge is 2.35. The van der Waals surface area contributed by atoms with Crippen LogP contribution in [0.4, 0.5) is 0 Å². The van der Waals surface area contributed by atoms with Gasteiger partial charge in [-0.25, -0.2) is 0 Å². The summed E-state index contributed by atoms with van der Waals surface area (Å²) in [6.07, 6.45) is 0.295. The number of benzene rings is 2. The minimum absolute atomic E-state index is 0.0394. The Balaban J connectivity index is 2.04. The molecule has 2 aromatic carbocycles. The largest absolute Gasteiger partial charge is 0.296 e. The first-order valence-electron chi connectivity index (χ1n) is 6.48. The van der Waals surface area contributed by atoms with Crippen LogP contribution in [0.1, 0.15) is 24.8 Å². The Labute approximate surface area is 111 Å². The van der Waals surface area contributed by atoms with E-state index in [0.717, 1.165) is 16.3 Å². The molecular weight excluding hydrogens is 238 g/mol. The summed E-state index contributed by atoms with van der Waals surface area (Å²) >= 11 is 0. The Morgan fingerprint density at radius 2 is 1.84 bits per heavy atom. The van der Waals surface area contributed by atoms with Crippen molar-refractivity contribution < 1.29 is 9.59 Å². The van der Waals surface area contributed by atoms with Gasteiger partial charge in [0.2, 0.25) is 11.8 Å². The number of amides is 2. The van der Waals surface area contributed by atoms with Gasteiger partial charge in [0.25, 0.3) is 0 Å². The van der Waals surface area contributed by atoms with Crippen molar-refractivity contribution in [2.75, 3.05) is 0 Å². The molecule has 19 heavy (non-hydrogen) atoms. The number of carbonyl (C=O) groups excluding carboxylic acids is 2. The fourth-order valence-electron chi connectivity index (χ4n) is 2.84. The van der Waals surface area contributed by atoms with E-state index in [1.54, 1.807) is 0 Å². The molecule has 2 aromatic rings. The lowest BCUT2D eigenvalue weighted by Crippen LogP contribution is -2.24. The highest BCUT2D eigenvalue weighted by molar-refractivity contribution is 6.04. The Hall–Kier alpha value is -2.16. The lowest BCUT2D eigenvalue weighted by Gasteiger charge is -2.18. The molecular formula is C16H15NO2. The maximum Gasteiger partial charge on any atom is 0.230 e. The molecule has 1 heterocycles. The van der Waals surface area contributed by atoms with Gasteiger partial charge in [0.1, 0.15) is 0 Å². The monoisotopic (exact) mass is 253 g/mol. The van der Waals surface area contributed by atoms with E-state index in [2.05, 4.69) is 23.5 Å². The van der Waals surface area contributed by atoms with Gasteiger partial charge in [-0.1, -0.05) is 49.4 Å². The van der Waals surface area contributed by atoms with E-state index in [4.69, 9.17) is 0 Å². The number of hydrogen-bond acceptors (Lipinski definition) is 2. The number of nitrogens with one attached hydrogen (secondary N) is 1. The zero-order valence-electron chi connectivity index (χ0n) is 10.7. The van der Waals surface area contributed by atoms with E-state index >= 15 is 0 Å². The second-order valence-electron chi connectivity index (χ2n) is 5.08. The van der Waals surface area contributed by atoms with Crippen molar-refractivity contribution >= 4 is 22.6 Å². The molecule has 1 aliphatic rings. The average Bonchev–Trinajstić information content (AvgIpc) is 2.76. The van der Waals surface area contributed by atoms with E-state index < -0.39 is 0 Å². The van der Waals surface area contributed by atoms with Crippen LogP contribution < -0.4 is 5.32 Å². The third kappa shape index (κ3) is 2.01. The molecule has 3 rings (SSSR count). The molecule has 0 spiro atoms. The van der Waals surface area contributed by atoms with Gasteiger partial charge in [0.15, 0.2) is 0 Å². The smallest absolute Gasteiger partial charge is 0.230 e. The van der Waals surface area contributed by atoms with Crippen molar-refractivity contribution in [3.63, 3.8) is 0 Å². The minimum Gasteiger partial charge on any atom is -0.296 e. The molecule has 1 N–H and O–H groups in total. The zero-order valence-corrected chi connectivity index (χ0v) is 10.7. The predicted octanol–water partition coefficient (Wildman–Crippen LogP) is 2.61. The topological polar surface area (TPSA) is 46.2 Å². The van der Waals surface area contributed by atoms with Crippen LogP contribution in [0.15, 0.2) is 42.5 Å². The van der Waals surface area contributed by atoms with Gasteiger partial charge in [-0.2, -0.15) is 0 Å². The molecule has 3 heteroatoms. The molecule has 0 aromatic heterocycles. The third-order valence-electron chi connectivity index (χ3n) is 3.92. The van der Waals surface area contributed by atoms with Gasteiger partial charge in [-0.05, 0) is 22.3 Å². The molecule has 0 aliphatic carbocycles. The van der Waals surface area contributed by atoms with Crippen molar-refractivity contribution in [2.45, 2.75) is 19.3 Å². The van der Waals surface area contributed by atoms with Crippen LogP contribution in [0.5, 0.6) is 0 Å². The summed E-state index contributed by atoms with van der Waals surface area (Å²) in [6.45, 7) is 2.02. The number of fused-ring (bicyclic) bond motifs is 1. The molecule has 1 saturated heterocycles. The van der Waals surface area contributed by atoms with Gasteiger partial charge in [-0.15, -0.1) is 0 Å². The predicted molar refractivity (Wildman–Crippen MR) is 73.6 cm³/mol. The van der Waals surface area contributed by atoms with Crippen LogP contribution in [-0.2, 0) is 9.59 Å². The van der Waals surface area contributed by atoms with Crippen LogP contribution in [0.3, 0.4) is 0 Å². The SMILES string of the molecule is CC(c1cccc2ccccc12)C1CC(=O)NC1=O. The molecule has 0 saturated carbocycles. The molecule has 2 amide bonds. The molecule has 3 nitrogen and oxygen atoms in total. The second-order valence-corrected chi connectivity index (χ2v) is 5.08. The molecule has 0 bridgehead atoms. The Morgan fingerprint density at radius 3 is 2.58 bits per heavy atom. The summed E-state index contributed by atoms with van der Waals surface area (Å²) in [6, 6.07) is 14.2. The summed E-state index contributed by atoms with van der Waals surface area (Å²) < 4.78 is 0. The van der Waals surface area contributed by atoms with Gasteiger partial charge < -0.3 is 0 Å². The van der Waals surface area contributed by atoms with Crippen LogP contribution in [0.2, 0.25) is 0 Å². The lowest BCUT2D eigenvalue weighted by atomic mass is 9.84. The Bertz CT molecular complexity index is 657. The molecule has 2 atom stereocenters. The van der Waals surface area contributed by atoms with E-state index in [-0.39, 0.29) is 23.7 Å². The quantitative estimate of drug-likeness (QED) is 0.836. The number of imide groups is 1. The summed E-state index contributed by atoms with van der Waals surface area (Å²) in [4.78, 5) is 23.1. The van der Waals surface area contributed by atoms with Crippen LogP contribution in [0, 0.1) is 5.92 Å². The second kappa shape index (κ2) is 4.50. The first kappa shape index (κ1) is 11.9. The lowest BCUT2D eigenvalue weighted by molar-refractivity contribution is -0.126. The Kier molecular flexibility index (Phi) is 2.82. The molecule has 96 valence electrons. The molecule has 1 fully saturated rings. The van der Waals surface area contributed by atoms with Crippen molar-refractivity contribution in [2.24, 2.45) is 5.92 Å². The highest BCUT2D eigenvalue weighted by Crippen LogP contribution is 2.33. The summed E-state index contributed by atoms with van der Waals surface area (Å²) in [5, 5.41) is 4.71. The maximum atomic E-state index is 11.8. The normalized spacial score (nSPS) is 20.6. The maximum absolute atomic E-state index is 11.8. The van der Waals surface area contributed by atoms with Gasteiger partial charge >= 0.3 is 0 Å². The third-order valence-corrected chi connectivity index (χ3v) is 3.92. The van der Waals surface area contributed by atoms with E-state index in [0.29, 0.717) is 6.42 Å². The number of hydrogen-bond donors (Lipinski definition) is 1. The van der Waals surface area contributed by atoms with Crippen LogP contribution in [0.25, 0.3) is 10.8 Å². The van der Waals surface area contributed by atoms with Crippen molar-refractivity contribution in [3.8, 4) is 0 Å². The average molecular weight is 253 g/mol. The van der Waals surface area contributed by atoms with E-state index in [1.165, 1.54) is 0 Å². The molecule has 1 aliphatic heterocycles. The fraction of sp³-hybridized carbons (Fsp3) is 0.250. The first-order chi connectivity index (χ1) is 9.16. The number of rotatable bonds is 2. The molecule has 0 radical (unpaired) electrons. The van der Waals surface area contributed by atoms with Crippen molar-refractivity contribution in [1.82, 2.24) is 5.32 Å². The van der Waals surface area contributed by atoms with Crippen LogP contribution in [-0.4, -0.2) is 11.8 Å².